The molecule has 3 rings (SSSR count). The molecule has 0 spiro atoms. The number of thioether (sulfide) groups is 1. The second-order valence-electron chi connectivity index (χ2n) is 4.70. The summed E-state index contributed by atoms with van der Waals surface area (Å²) in [6.45, 7) is 2.30. The van der Waals surface area contributed by atoms with Crippen molar-refractivity contribution in [2.75, 3.05) is 18.1 Å². The van der Waals surface area contributed by atoms with Crippen LogP contribution < -0.4 is 10.6 Å². The topological polar surface area (TPSA) is 59.0 Å². The first kappa shape index (κ1) is 14.1. The Labute approximate surface area is 125 Å². The number of halogens is 1. The van der Waals surface area contributed by atoms with Crippen LogP contribution in [0.4, 0.5) is 10.1 Å². The van der Waals surface area contributed by atoms with E-state index in [1.54, 1.807) is 24.5 Å². The lowest BCUT2D eigenvalue weighted by Crippen LogP contribution is -2.28. The molecule has 1 aliphatic heterocycles. The van der Waals surface area contributed by atoms with Gasteiger partial charge in [-0.3, -0.25) is 9.48 Å². The zero-order valence-corrected chi connectivity index (χ0v) is 12.3. The molecular formula is C14H15FN4OS. The van der Waals surface area contributed by atoms with Crippen LogP contribution in [0.1, 0.15) is 16.2 Å². The number of nitrogens with one attached hydrogen (secondary N) is 2. The lowest BCUT2D eigenvalue weighted by atomic mass is 10.2. The van der Waals surface area contributed by atoms with Crippen LogP contribution in [-0.2, 0) is 13.1 Å². The van der Waals surface area contributed by atoms with E-state index in [2.05, 4.69) is 15.7 Å². The molecule has 0 saturated carbocycles. The molecule has 0 radical (unpaired) electrons. The summed E-state index contributed by atoms with van der Waals surface area (Å²) in [5.74, 6) is -0.661. The fraction of sp³-hybridized carbons (Fsp3) is 0.286. The van der Waals surface area contributed by atoms with Crippen molar-refractivity contribution in [3.8, 4) is 0 Å². The Hall–Kier alpha value is -1.86. The summed E-state index contributed by atoms with van der Waals surface area (Å²) >= 11 is 1.26. The Morgan fingerprint density at radius 1 is 1.52 bits per heavy atom. The number of carbonyl (C=O) groups is 1. The minimum Gasteiger partial charge on any atom is -0.319 e. The summed E-state index contributed by atoms with van der Waals surface area (Å²) in [6.07, 6.45) is 1.77. The third-order valence-electron chi connectivity index (χ3n) is 3.32. The Balaban J connectivity index is 1.83. The molecule has 0 saturated heterocycles. The molecule has 5 nitrogen and oxygen atoms in total. The van der Waals surface area contributed by atoms with Crippen LogP contribution in [0.2, 0.25) is 0 Å². The fourth-order valence-corrected chi connectivity index (χ4v) is 2.91. The van der Waals surface area contributed by atoms with Crippen molar-refractivity contribution in [2.45, 2.75) is 18.0 Å². The monoisotopic (exact) mass is 306 g/mol. The standard InChI is InChI=1S/C14H15FN4OS/c1-21-13-10(15)3-2-4-11(13)17-14(20)12-7-9-8-16-5-6-19(9)18-12/h2-4,7,16H,5-6,8H2,1H3,(H,17,20). The zero-order chi connectivity index (χ0) is 14.8. The maximum Gasteiger partial charge on any atom is 0.276 e. The summed E-state index contributed by atoms with van der Waals surface area (Å²) in [5, 5.41) is 10.2. The Bertz CT molecular complexity index is 662. The number of amides is 1. The van der Waals surface area contributed by atoms with E-state index in [-0.39, 0.29) is 11.7 Å². The minimum absolute atomic E-state index is 0.321. The lowest BCUT2D eigenvalue weighted by Gasteiger charge is -2.13. The molecular weight excluding hydrogens is 291 g/mol. The number of aromatic nitrogens is 2. The van der Waals surface area contributed by atoms with Gasteiger partial charge in [-0.1, -0.05) is 6.07 Å². The maximum absolute atomic E-state index is 13.7. The highest BCUT2D eigenvalue weighted by Gasteiger charge is 2.18. The average Bonchev–Trinajstić information content (AvgIpc) is 2.91. The highest BCUT2D eigenvalue weighted by atomic mass is 32.2. The normalized spacial score (nSPS) is 13.8. The first-order valence-electron chi connectivity index (χ1n) is 6.60. The van der Waals surface area contributed by atoms with Crippen molar-refractivity contribution >= 4 is 23.4 Å². The van der Waals surface area contributed by atoms with Crippen molar-refractivity contribution in [2.24, 2.45) is 0 Å². The van der Waals surface area contributed by atoms with Crippen LogP contribution in [0.5, 0.6) is 0 Å². The van der Waals surface area contributed by atoms with Gasteiger partial charge in [-0.2, -0.15) is 5.10 Å². The molecule has 1 amide bonds. The molecule has 2 aromatic rings. The molecule has 1 aromatic heterocycles. The molecule has 110 valence electrons. The number of anilines is 1. The van der Waals surface area contributed by atoms with Crippen molar-refractivity contribution in [1.82, 2.24) is 15.1 Å². The third-order valence-corrected chi connectivity index (χ3v) is 4.14. The number of fused-ring (bicyclic) bond motifs is 1. The van der Waals surface area contributed by atoms with E-state index in [0.29, 0.717) is 22.8 Å². The van der Waals surface area contributed by atoms with Gasteiger partial charge in [0.05, 0.1) is 22.8 Å². The van der Waals surface area contributed by atoms with E-state index in [0.717, 1.165) is 18.8 Å². The summed E-state index contributed by atoms with van der Waals surface area (Å²) in [6, 6.07) is 6.40. The summed E-state index contributed by atoms with van der Waals surface area (Å²) in [5.41, 5.74) is 1.80. The van der Waals surface area contributed by atoms with Gasteiger partial charge >= 0.3 is 0 Å². The molecule has 7 heteroatoms. The van der Waals surface area contributed by atoms with Crippen molar-refractivity contribution in [1.29, 1.82) is 0 Å². The number of hydrogen-bond donors (Lipinski definition) is 2. The van der Waals surface area contributed by atoms with Gasteiger partial charge in [-0.05, 0) is 24.5 Å². The molecule has 1 aromatic carbocycles. The molecule has 21 heavy (non-hydrogen) atoms. The van der Waals surface area contributed by atoms with Gasteiger partial charge in [-0.15, -0.1) is 11.8 Å². The van der Waals surface area contributed by atoms with Gasteiger partial charge in [-0.25, -0.2) is 4.39 Å². The number of rotatable bonds is 3. The van der Waals surface area contributed by atoms with E-state index >= 15 is 0 Å². The predicted molar refractivity (Wildman–Crippen MR) is 80.1 cm³/mol. The Morgan fingerprint density at radius 3 is 3.14 bits per heavy atom. The minimum atomic E-state index is -0.339. The third kappa shape index (κ3) is 2.79. The first-order chi connectivity index (χ1) is 10.2. The van der Waals surface area contributed by atoms with Gasteiger partial charge in [0, 0.05) is 13.1 Å². The van der Waals surface area contributed by atoms with Gasteiger partial charge in [0.1, 0.15) is 5.82 Å². The predicted octanol–water partition coefficient (Wildman–Crippen LogP) is 2.10. The van der Waals surface area contributed by atoms with Gasteiger partial charge < -0.3 is 10.6 Å². The fourth-order valence-electron chi connectivity index (χ4n) is 2.30. The lowest BCUT2D eigenvalue weighted by molar-refractivity contribution is 0.102. The van der Waals surface area contributed by atoms with Crippen LogP contribution in [-0.4, -0.2) is 28.5 Å². The number of benzene rings is 1. The quantitative estimate of drug-likeness (QED) is 0.853. The number of carbonyl (C=O) groups excluding carboxylic acids is 1. The van der Waals surface area contributed by atoms with E-state index < -0.39 is 0 Å². The maximum atomic E-state index is 13.7. The van der Waals surface area contributed by atoms with Crippen LogP contribution >= 0.6 is 11.8 Å². The molecule has 1 aliphatic rings. The summed E-state index contributed by atoms with van der Waals surface area (Å²) in [7, 11) is 0. The van der Waals surface area contributed by atoms with Crippen molar-refractivity contribution in [3.05, 3.63) is 41.5 Å². The van der Waals surface area contributed by atoms with Gasteiger partial charge in [0.25, 0.3) is 5.91 Å². The molecule has 0 atom stereocenters. The largest absolute Gasteiger partial charge is 0.319 e. The molecule has 0 fully saturated rings. The van der Waals surface area contributed by atoms with Gasteiger partial charge in [0.2, 0.25) is 0 Å². The van der Waals surface area contributed by atoms with E-state index in [9.17, 15) is 9.18 Å². The summed E-state index contributed by atoms with van der Waals surface area (Å²) < 4.78 is 15.5. The molecule has 2 heterocycles. The zero-order valence-electron chi connectivity index (χ0n) is 11.5. The van der Waals surface area contributed by atoms with Crippen LogP contribution in [0.3, 0.4) is 0 Å². The summed E-state index contributed by atoms with van der Waals surface area (Å²) in [4.78, 5) is 12.7. The molecule has 0 unspecified atom stereocenters. The second-order valence-corrected chi connectivity index (χ2v) is 5.51. The van der Waals surface area contributed by atoms with Crippen molar-refractivity contribution < 1.29 is 9.18 Å². The van der Waals surface area contributed by atoms with Crippen LogP contribution in [0.15, 0.2) is 29.2 Å². The van der Waals surface area contributed by atoms with E-state index in [1.165, 1.54) is 17.8 Å². The van der Waals surface area contributed by atoms with E-state index in [1.807, 2.05) is 4.68 Å². The number of nitrogens with zero attached hydrogens (tertiary/aromatic N) is 2. The number of hydrogen-bond acceptors (Lipinski definition) is 4. The second kappa shape index (κ2) is 5.87. The SMILES string of the molecule is CSc1c(F)cccc1NC(=O)c1cc2n(n1)CCNC2. The van der Waals surface area contributed by atoms with Gasteiger partial charge in [0.15, 0.2) is 5.69 Å². The average molecular weight is 306 g/mol. The highest BCUT2D eigenvalue weighted by molar-refractivity contribution is 7.98. The molecule has 0 aliphatic carbocycles. The Morgan fingerprint density at radius 2 is 2.38 bits per heavy atom. The van der Waals surface area contributed by atoms with Crippen LogP contribution in [0.25, 0.3) is 0 Å². The van der Waals surface area contributed by atoms with Crippen LogP contribution in [0, 0.1) is 5.82 Å². The first-order valence-corrected chi connectivity index (χ1v) is 7.83. The van der Waals surface area contributed by atoms with E-state index in [4.69, 9.17) is 0 Å². The molecule has 0 bridgehead atoms. The Kier molecular flexibility index (Phi) is 3.94. The van der Waals surface area contributed by atoms with Crippen molar-refractivity contribution in [3.63, 3.8) is 0 Å². The smallest absolute Gasteiger partial charge is 0.276 e. The highest BCUT2D eigenvalue weighted by Crippen LogP contribution is 2.28. The molecule has 2 N–H and O–H groups in total.